The van der Waals surface area contributed by atoms with E-state index in [2.05, 4.69) is 9.84 Å². The summed E-state index contributed by atoms with van der Waals surface area (Å²) in [6, 6.07) is 5.86. The quantitative estimate of drug-likeness (QED) is 0.489. The van der Waals surface area contributed by atoms with Crippen LogP contribution < -0.4 is 0 Å². The number of hydrogen-bond acceptors (Lipinski definition) is 5. The zero-order valence-corrected chi connectivity index (χ0v) is 12.3. The van der Waals surface area contributed by atoms with Crippen LogP contribution in [0.3, 0.4) is 0 Å². The molecule has 1 aromatic heterocycles. The molecule has 0 aliphatic carbocycles. The van der Waals surface area contributed by atoms with E-state index in [1.54, 1.807) is 12.1 Å². The smallest absolute Gasteiger partial charge is 0.390 e. The van der Waals surface area contributed by atoms with Crippen LogP contribution in [0.5, 0.6) is 0 Å². The predicted molar refractivity (Wildman–Crippen MR) is 75.8 cm³/mol. The highest BCUT2D eigenvalue weighted by atomic mass is 35.5. The van der Waals surface area contributed by atoms with E-state index in [-0.39, 0.29) is 12.2 Å². The lowest BCUT2D eigenvalue weighted by Crippen LogP contribution is -2.13. The molecule has 0 fully saturated rings. The van der Waals surface area contributed by atoms with Gasteiger partial charge in [-0.05, 0) is 22.6 Å². The summed E-state index contributed by atoms with van der Waals surface area (Å²) in [4.78, 5) is 21.7. The van der Waals surface area contributed by atoms with E-state index in [0.29, 0.717) is 15.6 Å². The standard InChI is InChI=1S/C12H9Cl2N3O4/c1-21-12(18)10-5-11(17(19)20)15-16(10)6-7-2-3-8(13)4-9(7)14/h2-5H,6H2,1H3. The third kappa shape index (κ3) is 3.32. The summed E-state index contributed by atoms with van der Waals surface area (Å²) in [6.45, 7) is 0.0777. The lowest BCUT2D eigenvalue weighted by molar-refractivity contribution is -0.389. The number of ether oxygens (including phenoxy) is 1. The first-order valence-electron chi connectivity index (χ1n) is 5.67. The van der Waals surface area contributed by atoms with Crippen molar-refractivity contribution in [3.05, 3.63) is 55.7 Å². The van der Waals surface area contributed by atoms with Crippen LogP contribution in [0.1, 0.15) is 16.1 Å². The molecule has 0 saturated carbocycles. The van der Waals surface area contributed by atoms with Crippen LogP contribution in [-0.2, 0) is 11.3 Å². The molecule has 21 heavy (non-hydrogen) atoms. The topological polar surface area (TPSA) is 87.3 Å². The number of esters is 1. The van der Waals surface area contributed by atoms with Crippen molar-refractivity contribution in [2.75, 3.05) is 7.11 Å². The fourth-order valence-corrected chi connectivity index (χ4v) is 2.16. The van der Waals surface area contributed by atoms with E-state index in [0.717, 1.165) is 6.07 Å². The van der Waals surface area contributed by atoms with Crippen LogP contribution in [-0.4, -0.2) is 27.8 Å². The number of methoxy groups -OCH3 is 1. The molecule has 0 unspecified atom stereocenters. The molecule has 2 aromatic rings. The van der Waals surface area contributed by atoms with Gasteiger partial charge >= 0.3 is 11.8 Å². The molecule has 0 bridgehead atoms. The second kappa shape index (κ2) is 6.11. The fraction of sp³-hybridized carbons (Fsp3) is 0.167. The Balaban J connectivity index is 2.42. The van der Waals surface area contributed by atoms with Gasteiger partial charge in [0.05, 0.1) is 24.8 Å². The number of halogens is 2. The Hall–Kier alpha value is -2.12. The SMILES string of the molecule is COC(=O)c1cc([N+](=O)[O-])nn1Cc1ccc(Cl)cc1Cl. The predicted octanol–water partition coefficient (Wildman–Crippen LogP) is 2.93. The summed E-state index contributed by atoms with van der Waals surface area (Å²) in [5.41, 5.74) is 0.583. The minimum Gasteiger partial charge on any atom is -0.464 e. The van der Waals surface area contributed by atoms with Gasteiger partial charge in [0.25, 0.3) is 0 Å². The van der Waals surface area contributed by atoms with Gasteiger partial charge in [0, 0.05) is 10.0 Å². The lowest BCUT2D eigenvalue weighted by Gasteiger charge is -2.05. The van der Waals surface area contributed by atoms with Crippen molar-refractivity contribution in [1.29, 1.82) is 0 Å². The fourth-order valence-electron chi connectivity index (χ4n) is 1.69. The first-order valence-corrected chi connectivity index (χ1v) is 6.42. The number of benzene rings is 1. The molecule has 1 heterocycles. The van der Waals surface area contributed by atoms with Crippen molar-refractivity contribution in [2.45, 2.75) is 6.54 Å². The first kappa shape index (κ1) is 15.3. The molecule has 0 aliphatic rings. The Labute approximate surface area is 129 Å². The first-order chi connectivity index (χ1) is 9.92. The third-order valence-electron chi connectivity index (χ3n) is 2.68. The van der Waals surface area contributed by atoms with Gasteiger partial charge in [-0.1, -0.05) is 29.3 Å². The summed E-state index contributed by atoms with van der Waals surface area (Å²) in [5.74, 6) is -1.17. The van der Waals surface area contributed by atoms with Crippen LogP contribution in [0.2, 0.25) is 10.0 Å². The second-order valence-corrected chi connectivity index (χ2v) is 4.87. The average molecular weight is 330 g/mol. The highest BCUT2D eigenvalue weighted by Gasteiger charge is 2.24. The molecule has 0 atom stereocenters. The maximum absolute atomic E-state index is 11.6. The minimum atomic E-state index is -0.722. The van der Waals surface area contributed by atoms with Crippen molar-refractivity contribution in [3.8, 4) is 0 Å². The number of carbonyl (C=O) groups is 1. The van der Waals surface area contributed by atoms with E-state index in [4.69, 9.17) is 23.2 Å². The maximum atomic E-state index is 11.6. The highest BCUT2D eigenvalue weighted by Crippen LogP contribution is 2.23. The van der Waals surface area contributed by atoms with Crippen molar-refractivity contribution in [1.82, 2.24) is 9.78 Å². The van der Waals surface area contributed by atoms with Gasteiger partial charge in [-0.2, -0.15) is 4.68 Å². The second-order valence-electron chi connectivity index (χ2n) is 4.03. The Bertz CT molecular complexity index is 715. The highest BCUT2D eigenvalue weighted by molar-refractivity contribution is 6.35. The Morgan fingerprint density at radius 2 is 2.14 bits per heavy atom. The number of carbonyl (C=O) groups excluding carboxylic acids is 1. The average Bonchev–Trinajstić information content (AvgIpc) is 2.85. The van der Waals surface area contributed by atoms with E-state index in [1.807, 2.05) is 0 Å². The van der Waals surface area contributed by atoms with E-state index < -0.39 is 16.7 Å². The van der Waals surface area contributed by atoms with Gasteiger partial charge < -0.3 is 14.9 Å². The van der Waals surface area contributed by atoms with E-state index >= 15 is 0 Å². The molecule has 2 rings (SSSR count). The van der Waals surface area contributed by atoms with Crippen molar-refractivity contribution in [3.63, 3.8) is 0 Å². The van der Waals surface area contributed by atoms with Crippen LogP contribution in [0.15, 0.2) is 24.3 Å². The number of nitro groups is 1. The molecular weight excluding hydrogens is 321 g/mol. The number of rotatable bonds is 4. The summed E-state index contributed by atoms with van der Waals surface area (Å²) in [7, 11) is 1.18. The molecule has 0 spiro atoms. The van der Waals surface area contributed by atoms with Crippen LogP contribution in [0.25, 0.3) is 0 Å². The minimum absolute atomic E-state index is 0.0322. The monoisotopic (exact) mass is 329 g/mol. The van der Waals surface area contributed by atoms with Crippen LogP contribution >= 0.6 is 23.2 Å². The lowest BCUT2D eigenvalue weighted by atomic mass is 10.2. The molecule has 7 nitrogen and oxygen atoms in total. The normalized spacial score (nSPS) is 10.4. The van der Waals surface area contributed by atoms with Gasteiger partial charge in [-0.25, -0.2) is 4.79 Å². The maximum Gasteiger partial charge on any atom is 0.390 e. The Morgan fingerprint density at radius 3 is 2.71 bits per heavy atom. The molecule has 0 saturated heterocycles. The molecule has 0 radical (unpaired) electrons. The van der Waals surface area contributed by atoms with Crippen molar-refractivity contribution in [2.24, 2.45) is 0 Å². The number of hydrogen-bond donors (Lipinski definition) is 0. The summed E-state index contributed by atoms with van der Waals surface area (Å²) >= 11 is 11.8. The Morgan fingerprint density at radius 1 is 1.43 bits per heavy atom. The van der Waals surface area contributed by atoms with Gasteiger partial charge in [0.1, 0.15) is 0 Å². The largest absolute Gasteiger partial charge is 0.464 e. The molecule has 1 aromatic carbocycles. The van der Waals surface area contributed by atoms with Gasteiger partial charge in [-0.15, -0.1) is 0 Å². The molecule has 9 heteroatoms. The van der Waals surface area contributed by atoms with Gasteiger partial charge in [0.15, 0.2) is 5.69 Å². The summed E-state index contributed by atoms with van der Waals surface area (Å²) in [5, 5.41) is 15.4. The molecule has 0 N–H and O–H groups in total. The van der Waals surface area contributed by atoms with E-state index in [1.165, 1.54) is 17.9 Å². The van der Waals surface area contributed by atoms with Crippen LogP contribution in [0, 0.1) is 10.1 Å². The molecular formula is C12H9Cl2N3O4. The molecule has 0 amide bonds. The number of nitrogens with zero attached hydrogens (tertiary/aromatic N) is 3. The van der Waals surface area contributed by atoms with Crippen molar-refractivity contribution < 1.29 is 14.5 Å². The van der Waals surface area contributed by atoms with Gasteiger partial charge in [-0.3, -0.25) is 0 Å². The van der Waals surface area contributed by atoms with Crippen LogP contribution in [0.4, 0.5) is 5.82 Å². The number of aromatic nitrogens is 2. The van der Waals surface area contributed by atoms with Gasteiger partial charge in [0.2, 0.25) is 0 Å². The molecule has 0 aliphatic heterocycles. The summed E-state index contributed by atoms with van der Waals surface area (Å²) in [6.07, 6.45) is 0. The third-order valence-corrected chi connectivity index (χ3v) is 3.27. The molecule has 110 valence electrons. The van der Waals surface area contributed by atoms with E-state index in [9.17, 15) is 14.9 Å². The zero-order valence-electron chi connectivity index (χ0n) is 10.7. The zero-order chi connectivity index (χ0) is 15.6. The Kier molecular flexibility index (Phi) is 4.44. The summed E-state index contributed by atoms with van der Waals surface area (Å²) < 4.78 is 5.75. The van der Waals surface area contributed by atoms with Crippen molar-refractivity contribution >= 4 is 35.0 Å².